The van der Waals surface area contributed by atoms with E-state index in [1.807, 2.05) is 6.92 Å². The number of halogens is 1. The summed E-state index contributed by atoms with van der Waals surface area (Å²) in [6, 6.07) is 3.38. The first-order valence-corrected chi connectivity index (χ1v) is 4.74. The number of pyridine rings is 1. The Morgan fingerprint density at radius 1 is 1.62 bits per heavy atom. The fraction of sp³-hybridized carbons (Fsp3) is 0.333. The summed E-state index contributed by atoms with van der Waals surface area (Å²) in [7, 11) is 0. The highest BCUT2D eigenvalue weighted by Crippen LogP contribution is 2.22. The van der Waals surface area contributed by atoms with E-state index in [1.165, 1.54) is 6.92 Å². The maximum Gasteiger partial charge on any atom is 0.178 e. The molecule has 4 heteroatoms. The van der Waals surface area contributed by atoms with Crippen LogP contribution in [0.25, 0.3) is 0 Å². The van der Waals surface area contributed by atoms with Crippen LogP contribution >= 0.6 is 15.9 Å². The molecule has 1 rings (SSSR count). The van der Waals surface area contributed by atoms with Gasteiger partial charge in [0.15, 0.2) is 11.5 Å². The lowest BCUT2D eigenvalue weighted by Gasteiger charge is -2.05. The van der Waals surface area contributed by atoms with Crippen LogP contribution < -0.4 is 4.74 Å². The van der Waals surface area contributed by atoms with E-state index in [4.69, 9.17) is 4.74 Å². The van der Waals surface area contributed by atoms with Gasteiger partial charge in [0, 0.05) is 6.92 Å². The minimum Gasteiger partial charge on any atom is -0.491 e. The molecule has 0 N–H and O–H groups in total. The van der Waals surface area contributed by atoms with E-state index >= 15 is 0 Å². The van der Waals surface area contributed by atoms with Gasteiger partial charge < -0.3 is 4.74 Å². The summed E-state index contributed by atoms with van der Waals surface area (Å²) in [5.41, 5.74) is 0.440. The van der Waals surface area contributed by atoms with Crippen molar-refractivity contribution in [2.45, 2.75) is 13.8 Å². The number of hydrogen-bond acceptors (Lipinski definition) is 3. The van der Waals surface area contributed by atoms with Gasteiger partial charge in [-0.25, -0.2) is 4.98 Å². The van der Waals surface area contributed by atoms with Crippen LogP contribution in [0.15, 0.2) is 16.7 Å². The number of ether oxygens (including phenoxy) is 1. The predicted octanol–water partition coefficient (Wildman–Crippen LogP) is 2.45. The number of aromatic nitrogens is 1. The Labute approximate surface area is 85.3 Å². The summed E-state index contributed by atoms with van der Waals surface area (Å²) in [6.07, 6.45) is 0. The lowest BCUT2D eigenvalue weighted by molar-refractivity contribution is 0.101. The molecular formula is C9H10BrNO2. The van der Waals surface area contributed by atoms with Gasteiger partial charge in [-0.3, -0.25) is 4.79 Å². The summed E-state index contributed by atoms with van der Waals surface area (Å²) >= 11 is 3.23. The first-order chi connectivity index (χ1) is 6.15. The largest absolute Gasteiger partial charge is 0.491 e. The van der Waals surface area contributed by atoms with E-state index < -0.39 is 0 Å². The van der Waals surface area contributed by atoms with Crippen molar-refractivity contribution in [3.8, 4) is 5.75 Å². The second-order valence-electron chi connectivity index (χ2n) is 2.47. The van der Waals surface area contributed by atoms with Gasteiger partial charge in [-0.05, 0) is 35.0 Å². The van der Waals surface area contributed by atoms with Crippen LogP contribution in [0.1, 0.15) is 24.3 Å². The standard InChI is InChI=1S/C9H10BrNO2/c1-3-13-8-5-4-7(6(2)12)11-9(8)10/h4-5H,3H2,1-2H3. The normalized spacial score (nSPS) is 9.77. The molecule has 13 heavy (non-hydrogen) atoms. The fourth-order valence-corrected chi connectivity index (χ4v) is 1.32. The van der Waals surface area contributed by atoms with Gasteiger partial charge in [0.1, 0.15) is 10.3 Å². The van der Waals surface area contributed by atoms with Crippen molar-refractivity contribution in [2.24, 2.45) is 0 Å². The molecule has 0 bridgehead atoms. The number of rotatable bonds is 3. The maximum atomic E-state index is 10.9. The van der Waals surface area contributed by atoms with Gasteiger partial charge in [-0.2, -0.15) is 0 Å². The van der Waals surface area contributed by atoms with E-state index in [1.54, 1.807) is 12.1 Å². The lowest BCUT2D eigenvalue weighted by atomic mass is 10.3. The summed E-state index contributed by atoms with van der Waals surface area (Å²) in [4.78, 5) is 15.0. The predicted molar refractivity (Wildman–Crippen MR) is 53.1 cm³/mol. The van der Waals surface area contributed by atoms with Crippen LogP contribution in [0.4, 0.5) is 0 Å². The van der Waals surface area contributed by atoms with Gasteiger partial charge in [0.2, 0.25) is 0 Å². The molecule has 0 aliphatic carbocycles. The van der Waals surface area contributed by atoms with Crippen LogP contribution in [-0.2, 0) is 0 Å². The van der Waals surface area contributed by atoms with Crippen molar-refractivity contribution >= 4 is 21.7 Å². The number of carbonyl (C=O) groups is 1. The third kappa shape index (κ3) is 2.52. The Morgan fingerprint density at radius 2 is 2.31 bits per heavy atom. The first-order valence-electron chi connectivity index (χ1n) is 3.95. The van der Waals surface area contributed by atoms with E-state index in [0.29, 0.717) is 22.7 Å². The molecule has 0 unspecified atom stereocenters. The van der Waals surface area contributed by atoms with Crippen molar-refractivity contribution < 1.29 is 9.53 Å². The SMILES string of the molecule is CCOc1ccc(C(C)=O)nc1Br. The quantitative estimate of drug-likeness (QED) is 0.605. The second-order valence-corrected chi connectivity index (χ2v) is 3.23. The van der Waals surface area contributed by atoms with Crippen LogP contribution in [0.5, 0.6) is 5.75 Å². The molecule has 1 aromatic heterocycles. The maximum absolute atomic E-state index is 10.9. The topological polar surface area (TPSA) is 39.2 Å². The van der Waals surface area contributed by atoms with Gasteiger partial charge in [-0.1, -0.05) is 0 Å². The van der Waals surface area contributed by atoms with Gasteiger partial charge in [-0.15, -0.1) is 0 Å². The molecule has 0 aliphatic heterocycles. The van der Waals surface area contributed by atoms with Crippen molar-refractivity contribution in [1.29, 1.82) is 0 Å². The zero-order chi connectivity index (χ0) is 9.84. The van der Waals surface area contributed by atoms with Gasteiger partial charge in [0.05, 0.1) is 6.61 Å². The van der Waals surface area contributed by atoms with Gasteiger partial charge in [0.25, 0.3) is 0 Å². The molecule has 0 aliphatic rings. The Morgan fingerprint density at radius 3 is 2.77 bits per heavy atom. The molecule has 70 valence electrons. The summed E-state index contributed by atoms with van der Waals surface area (Å²) in [6.45, 7) is 3.96. The third-order valence-corrected chi connectivity index (χ3v) is 2.04. The van der Waals surface area contributed by atoms with Crippen molar-refractivity contribution in [1.82, 2.24) is 4.98 Å². The van der Waals surface area contributed by atoms with Crippen molar-refractivity contribution in [2.75, 3.05) is 6.61 Å². The molecule has 0 atom stereocenters. The van der Waals surface area contributed by atoms with Crippen LogP contribution in [0.3, 0.4) is 0 Å². The number of Topliss-reactive ketones (excluding diaryl/α,β-unsaturated/α-hetero) is 1. The van der Waals surface area contributed by atoms with Crippen molar-refractivity contribution in [3.63, 3.8) is 0 Å². The van der Waals surface area contributed by atoms with Gasteiger partial charge >= 0.3 is 0 Å². The summed E-state index contributed by atoms with van der Waals surface area (Å²) < 4.78 is 5.82. The molecule has 1 heterocycles. The molecule has 0 saturated carbocycles. The fourth-order valence-electron chi connectivity index (χ4n) is 0.881. The Bertz CT molecular complexity index is 325. The van der Waals surface area contributed by atoms with E-state index in [0.717, 1.165) is 0 Å². The first kappa shape index (κ1) is 10.2. The minimum absolute atomic E-state index is 0.0521. The second kappa shape index (κ2) is 4.37. The summed E-state index contributed by atoms with van der Waals surface area (Å²) in [5, 5.41) is 0. The molecule has 0 aromatic carbocycles. The van der Waals surface area contributed by atoms with E-state index in [-0.39, 0.29) is 5.78 Å². The molecular weight excluding hydrogens is 234 g/mol. The number of ketones is 1. The van der Waals surface area contributed by atoms with Crippen LogP contribution in [0, 0.1) is 0 Å². The molecule has 0 amide bonds. The smallest absolute Gasteiger partial charge is 0.178 e. The molecule has 0 fully saturated rings. The molecule has 0 radical (unpaired) electrons. The minimum atomic E-state index is -0.0521. The number of carbonyl (C=O) groups excluding carboxylic acids is 1. The zero-order valence-corrected chi connectivity index (χ0v) is 9.09. The molecule has 0 spiro atoms. The van der Waals surface area contributed by atoms with Crippen molar-refractivity contribution in [3.05, 3.63) is 22.4 Å². The average Bonchev–Trinajstić information content (AvgIpc) is 2.08. The highest BCUT2D eigenvalue weighted by Gasteiger charge is 2.06. The monoisotopic (exact) mass is 243 g/mol. The molecule has 1 aromatic rings. The Hall–Kier alpha value is -0.900. The Balaban J connectivity index is 2.98. The van der Waals surface area contributed by atoms with E-state index in [9.17, 15) is 4.79 Å². The number of hydrogen-bond donors (Lipinski definition) is 0. The highest BCUT2D eigenvalue weighted by molar-refractivity contribution is 9.10. The summed E-state index contributed by atoms with van der Waals surface area (Å²) in [5.74, 6) is 0.608. The lowest BCUT2D eigenvalue weighted by Crippen LogP contribution is -1.99. The highest BCUT2D eigenvalue weighted by atomic mass is 79.9. The zero-order valence-electron chi connectivity index (χ0n) is 7.50. The Kier molecular flexibility index (Phi) is 3.42. The van der Waals surface area contributed by atoms with E-state index in [2.05, 4.69) is 20.9 Å². The third-order valence-electron chi connectivity index (χ3n) is 1.48. The number of nitrogens with zero attached hydrogens (tertiary/aromatic N) is 1. The molecule has 0 saturated heterocycles. The van der Waals surface area contributed by atoms with Crippen LogP contribution in [0.2, 0.25) is 0 Å². The molecule has 3 nitrogen and oxygen atoms in total. The average molecular weight is 244 g/mol. The van der Waals surface area contributed by atoms with Crippen LogP contribution in [-0.4, -0.2) is 17.4 Å².